The molecule has 1 aromatic carbocycles. The summed E-state index contributed by atoms with van der Waals surface area (Å²) in [4.78, 5) is 12.9. The number of benzene rings is 1. The predicted molar refractivity (Wildman–Crippen MR) is 74.9 cm³/mol. The first-order chi connectivity index (χ1) is 9.10. The van der Waals surface area contributed by atoms with Gasteiger partial charge in [0.15, 0.2) is 6.73 Å². The van der Waals surface area contributed by atoms with Crippen molar-refractivity contribution >= 4 is 17.5 Å². The van der Waals surface area contributed by atoms with Crippen LogP contribution in [0.5, 0.6) is 5.75 Å². The maximum atomic E-state index is 11.0. The fraction of sp³-hybridized carbons (Fsp3) is 0.429. The van der Waals surface area contributed by atoms with Gasteiger partial charge in [0.1, 0.15) is 17.4 Å². The maximum absolute atomic E-state index is 11.0. The van der Waals surface area contributed by atoms with E-state index >= 15 is 0 Å². The minimum absolute atomic E-state index is 0.00457. The molecule has 0 spiro atoms. The van der Waals surface area contributed by atoms with Crippen molar-refractivity contribution in [1.82, 2.24) is 10.2 Å². The molecule has 19 heavy (non-hydrogen) atoms. The first-order valence-corrected chi connectivity index (χ1v) is 6.62. The number of hydrogen-bond donors (Lipinski definition) is 1. The van der Waals surface area contributed by atoms with Gasteiger partial charge in [-0.2, -0.15) is 0 Å². The van der Waals surface area contributed by atoms with Crippen molar-refractivity contribution in [2.24, 2.45) is 0 Å². The summed E-state index contributed by atoms with van der Waals surface area (Å²) in [6, 6.07) is 7.46. The van der Waals surface area contributed by atoms with Gasteiger partial charge in [0.05, 0.1) is 6.04 Å². The highest BCUT2D eigenvalue weighted by Crippen LogP contribution is 2.18. The van der Waals surface area contributed by atoms with Crippen LogP contribution in [0.3, 0.4) is 0 Å². The Hall–Kier alpha value is -1.48. The summed E-state index contributed by atoms with van der Waals surface area (Å²) < 4.78 is 5.67. The number of piperazine rings is 1. The number of nitrogens with zero attached hydrogens (tertiary/aromatic N) is 1. The quantitative estimate of drug-likeness (QED) is 0.861. The lowest BCUT2D eigenvalue weighted by molar-refractivity contribution is 0.121. The first-order valence-electron chi connectivity index (χ1n) is 6.24. The van der Waals surface area contributed by atoms with Gasteiger partial charge in [-0.15, -0.1) is 0 Å². The van der Waals surface area contributed by atoms with Crippen LogP contribution in [-0.2, 0) is 4.79 Å². The smallest absolute Gasteiger partial charge is 0.161 e. The van der Waals surface area contributed by atoms with E-state index in [2.05, 4.69) is 12.2 Å². The number of ether oxygens (including phenoxy) is 1. The highest BCUT2D eigenvalue weighted by molar-refractivity contribution is 6.30. The van der Waals surface area contributed by atoms with Crippen LogP contribution in [0, 0.1) is 0 Å². The summed E-state index contributed by atoms with van der Waals surface area (Å²) in [5, 5.41) is 3.97. The van der Waals surface area contributed by atoms with Crippen LogP contribution < -0.4 is 10.1 Å². The Labute approximate surface area is 118 Å². The Morgan fingerprint density at radius 2 is 2.11 bits per heavy atom. The largest absolute Gasteiger partial charge is 0.473 e. The van der Waals surface area contributed by atoms with Crippen molar-refractivity contribution in [2.45, 2.75) is 25.9 Å². The minimum Gasteiger partial charge on any atom is -0.473 e. The van der Waals surface area contributed by atoms with E-state index < -0.39 is 0 Å². The minimum atomic E-state index is -0.00457. The van der Waals surface area contributed by atoms with Crippen molar-refractivity contribution in [3.63, 3.8) is 0 Å². The second-order valence-corrected chi connectivity index (χ2v) is 5.16. The van der Waals surface area contributed by atoms with Gasteiger partial charge in [-0.3, -0.25) is 0 Å². The molecule has 0 unspecified atom stereocenters. The van der Waals surface area contributed by atoms with Gasteiger partial charge in [0.25, 0.3) is 0 Å². The number of hydrogen-bond acceptors (Lipinski definition) is 4. The molecule has 1 fully saturated rings. The molecule has 5 heteroatoms. The molecule has 1 N–H and O–H groups in total. The zero-order valence-electron chi connectivity index (χ0n) is 11.0. The van der Waals surface area contributed by atoms with Gasteiger partial charge in [0.2, 0.25) is 0 Å². The standard InChI is InChI=1S/C14H17ClN2O2/c1-10-7-17(14(8-18)11(2)16-10)9-19-13-5-3-12(15)4-6-13/h3-6,10-11,16H,7,9H2,1-2H3/t10-,11+/m1/s1. The summed E-state index contributed by atoms with van der Waals surface area (Å²) in [7, 11) is 0. The Morgan fingerprint density at radius 1 is 1.42 bits per heavy atom. The second-order valence-electron chi connectivity index (χ2n) is 4.73. The third-order valence-corrected chi connectivity index (χ3v) is 3.34. The van der Waals surface area contributed by atoms with Crippen LogP contribution in [0.2, 0.25) is 5.02 Å². The van der Waals surface area contributed by atoms with Gasteiger partial charge in [-0.25, -0.2) is 4.79 Å². The monoisotopic (exact) mass is 280 g/mol. The van der Waals surface area contributed by atoms with E-state index in [4.69, 9.17) is 16.3 Å². The lowest BCUT2D eigenvalue weighted by atomic mass is 10.1. The van der Waals surface area contributed by atoms with Crippen molar-refractivity contribution in [1.29, 1.82) is 0 Å². The van der Waals surface area contributed by atoms with E-state index in [9.17, 15) is 4.79 Å². The lowest BCUT2D eigenvalue weighted by Gasteiger charge is -2.37. The predicted octanol–water partition coefficient (Wildman–Crippen LogP) is 2.07. The fourth-order valence-electron chi connectivity index (χ4n) is 2.22. The number of rotatable bonds is 3. The molecule has 4 nitrogen and oxygen atoms in total. The molecule has 102 valence electrons. The summed E-state index contributed by atoms with van der Waals surface area (Å²) in [5.41, 5.74) is 0.604. The zero-order chi connectivity index (χ0) is 13.8. The van der Waals surface area contributed by atoms with E-state index in [0.717, 1.165) is 12.3 Å². The third kappa shape index (κ3) is 3.51. The summed E-state index contributed by atoms with van der Waals surface area (Å²) >= 11 is 5.81. The molecule has 1 heterocycles. The Kier molecular flexibility index (Phi) is 4.48. The molecule has 0 aliphatic carbocycles. The molecule has 0 saturated carbocycles. The Balaban J connectivity index is 2.00. The molecule has 0 aromatic heterocycles. The summed E-state index contributed by atoms with van der Waals surface area (Å²) in [6.45, 7) is 5.09. The highest BCUT2D eigenvalue weighted by Gasteiger charge is 2.26. The number of nitrogens with one attached hydrogen (secondary N) is 1. The van der Waals surface area contributed by atoms with Crippen LogP contribution >= 0.6 is 11.6 Å². The average molecular weight is 281 g/mol. The molecule has 1 aliphatic rings. The SMILES string of the molecule is C[C@@H]1CN(COc2ccc(Cl)cc2)C(=C=O)[C@H](C)N1. The van der Waals surface area contributed by atoms with E-state index in [1.165, 1.54) is 0 Å². The van der Waals surface area contributed by atoms with Gasteiger partial charge in [-0.05, 0) is 38.1 Å². The molecule has 0 amide bonds. The molecule has 2 atom stereocenters. The van der Waals surface area contributed by atoms with E-state index in [1.54, 1.807) is 12.1 Å². The van der Waals surface area contributed by atoms with Gasteiger partial charge in [-0.1, -0.05) is 11.6 Å². The van der Waals surface area contributed by atoms with Crippen molar-refractivity contribution in [3.8, 4) is 5.75 Å². The third-order valence-electron chi connectivity index (χ3n) is 3.08. The first kappa shape index (κ1) is 13.9. The van der Waals surface area contributed by atoms with E-state index in [0.29, 0.717) is 23.5 Å². The second kappa shape index (κ2) is 6.11. The Morgan fingerprint density at radius 3 is 2.74 bits per heavy atom. The number of halogens is 1. The molecule has 1 aromatic rings. The molecular formula is C14H17ClN2O2. The van der Waals surface area contributed by atoms with Gasteiger partial charge >= 0.3 is 0 Å². The van der Waals surface area contributed by atoms with Gasteiger partial charge in [0, 0.05) is 17.6 Å². The summed E-state index contributed by atoms with van der Waals surface area (Å²) in [6.07, 6.45) is 0. The summed E-state index contributed by atoms with van der Waals surface area (Å²) in [5.74, 6) is 2.73. The zero-order valence-corrected chi connectivity index (χ0v) is 11.8. The number of carbonyl (C=O) groups excluding carboxylic acids is 1. The van der Waals surface area contributed by atoms with E-state index in [-0.39, 0.29) is 6.04 Å². The Bertz CT molecular complexity index is 483. The van der Waals surface area contributed by atoms with Crippen molar-refractivity contribution in [2.75, 3.05) is 13.3 Å². The molecule has 0 bridgehead atoms. The van der Waals surface area contributed by atoms with Crippen molar-refractivity contribution in [3.05, 3.63) is 35.0 Å². The van der Waals surface area contributed by atoms with Crippen LogP contribution in [-0.4, -0.2) is 36.2 Å². The van der Waals surface area contributed by atoms with E-state index in [1.807, 2.05) is 29.9 Å². The molecule has 1 aliphatic heterocycles. The van der Waals surface area contributed by atoms with Crippen LogP contribution in [0.15, 0.2) is 30.0 Å². The highest BCUT2D eigenvalue weighted by atomic mass is 35.5. The maximum Gasteiger partial charge on any atom is 0.161 e. The van der Waals surface area contributed by atoms with Gasteiger partial charge < -0.3 is 15.0 Å². The van der Waals surface area contributed by atoms with Crippen LogP contribution in [0.4, 0.5) is 0 Å². The van der Waals surface area contributed by atoms with Crippen LogP contribution in [0.1, 0.15) is 13.8 Å². The molecule has 1 saturated heterocycles. The topological polar surface area (TPSA) is 41.6 Å². The molecular weight excluding hydrogens is 264 g/mol. The fourth-order valence-corrected chi connectivity index (χ4v) is 2.35. The normalized spacial score (nSPS) is 23.1. The molecule has 0 radical (unpaired) electrons. The molecule has 2 rings (SSSR count). The average Bonchev–Trinajstić information content (AvgIpc) is 2.37. The van der Waals surface area contributed by atoms with Crippen molar-refractivity contribution < 1.29 is 9.53 Å². The van der Waals surface area contributed by atoms with Crippen LogP contribution in [0.25, 0.3) is 0 Å². The lowest BCUT2D eigenvalue weighted by Crippen LogP contribution is -2.53.